The standard InChI is InChI=1S/C6H8BrN/c7-6-2-1-5(3-6)4-8/h5-6H,1-3H2/t5-,6+/m1/s1. The minimum Gasteiger partial charge on any atom is -0.198 e. The lowest BCUT2D eigenvalue weighted by Gasteiger charge is -1.92. The molecule has 1 aliphatic rings. The van der Waals surface area contributed by atoms with Gasteiger partial charge in [0, 0.05) is 10.7 Å². The molecule has 0 bridgehead atoms. The lowest BCUT2D eigenvalue weighted by atomic mass is 10.1. The fraction of sp³-hybridized carbons (Fsp3) is 0.833. The molecule has 8 heavy (non-hydrogen) atoms. The summed E-state index contributed by atoms with van der Waals surface area (Å²) in [4.78, 5) is 0.618. The first-order valence-electron chi connectivity index (χ1n) is 2.86. The van der Waals surface area contributed by atoms with E-state index in [1.54, 1.807) is 0 Å². The van der Waals surface area contributed by atoms with Gasteiger partial charge in [-0.1, -0.05) is 15.9 Å². The molecular formula is C6H8BrN. The average Bonchev–Trinajstić information content (AvgIpc) is 2.14. The van der Waals surface area contributed by atoms with E-state index >= 15 is 0 Å². The van der Waals surface area contributed by atoms with E-state index in [1.165, 1.54) is 6.42 Å². The van der Waals surface area contributed by atoms with Gasteiger partial charge in [0.05, 0.1) is 6.07 Å². The second kappa shape index (κ2) is 2.50. The zero-order valence-electron chi connectivity index (χ0n) is 4.60. The Morgan fingerprint density at radius 3 is 2.50 bits per heavy atom. The van der Waals surface area contributed by atoms with Gasteiger partial charge in [0.15, 0.2) is 0 Å². The molecule has 0 radical (unpaired) electrons. The summed E-state index contributed by atoms with van der Waals surface area (Å²) < 4.78 is 0. The van der Waals surface area contributed by atoms with E-state index in [0.717, 1.165) is 12.8 Å². The summed E-state index contributed by atoms with van der Waals surface area (Å²) >= 11 is 3.47. The number of hydrogen-bond acceptors (Lipinski definition) is 1. The molecule has 0 saturated heterocycles. The van der Waals surface area contributed by atoms with E-state index in [0.29, 0.717) is 10.7 Å². The first-order valence-corrected chi connectivity index (χ1v) is 3.78. The van der Waals surface area contributed by atoms with Crippen molar-refractivity contribution in [2.75, 3.05) is 0 Å². The van der Waals surface area contributed by atoms with Crippen molar-refractivity contribution in [1.82, 2.24) is 0 Å². The maximum Gasteiger partial charge on any atom is 0.0656 e. The highest BCUT2D eigenvalue weighted by Crippen LogP contribution is 2.29. The third-order valence-electron chi connectivity index (χ3n) is 1.55. The van der Waals surface area contributed by atoms with Crippen molar-refractivity contribution in [3.8, 4) is 6.07 Å². The third kappa shape index (κ3) is 1.23. The molecule has 1 saturated carbocycles. The minimum atomic E-state index is 0.333. The van der Waals surface area contributed by atoms with Crippen LogP contribution in [0.1, 0.15) is 19.3 Å². The summed E-state index contributed by atoms with van der Waals surface area (Å²) in [6, 6.07) is 2.26. The van der Waals surface area contributed by atoms with Gasteiger partial charge in [-0.2, -0.15) is 5.26 Å². The van der Waals surface area contributed by atoms with Gasteiger partial charge in [-0.05, 0) is 19.3 Å². The van der Waals surface area contributed by atoms with Crippen LogP contribution in [0.15, 0.2) is 0 Å². The van der Waals surface area contributed by atoms with E-state index < -0.39 is 0 Å². The topological polar surface area (TPSA) is 23.8 Å². The van der Waals surface area contributed by atoms with Crippen LogP contribution in [-0.4, -0.2) is 4.83 Å². The van der Waals surface area contributed by atoms with Gasteiger partial charge in [-0.15, -0.1) is 0 Å². The van der Waals surface area contributed by atoms with Crippen LogP contribution in [0.25, 0.3) is 0 Å². The van der Waals surface area contributed by atoms with Crippen LogP contribution in [0, 0.1) is 17.2 Å². The summed E-state index contributed by atoms with van der Waals surface area (Å²) in [5.41, 5.74) is 0. The van der Waals surface area contributed by atoms with Crippen molar-refractivity contribution in [2.24, 2.45) is 5.92 Å². The van der Waals surface area contributed by atoms with Gasteiger partial charge in [0.2, 0.25) is 0 Å². The largest absolute Gasteiger partial charge is 0.198 e. The van der Waals surface area contributed by atoms with Crippen LogP contribution in [0.4, 0.5) is 0 Å². The van der Waals surface area contributed by atoms with E-state index in [-0.39, 0.29) is 0 Å². The van der Waals surface area contributed by atoms with Gasteiger partial charge in [0.1, 0.15) is 0 Å². The Morgan fingerprint density at radius 2 is 2.25 bits per heavy atom. The van der Waals surface area contributed by atoms with E-state index in [2.05, 4.69) is 22.0 Å². The molecule has 2 atom stereocenters. The predicted molar refractivity (Wildman–Crippen MR) is 35.7 cm³/mol. The van der Waals surface area contributed by atoms with E-state index in [9.17, 15) is 0 Å². The van der Waals surface area contributed by atoms with Crippen molar-refractivity contribution in [3.05, 3.63) is 0 Å². The first-order chi connectivity index (χ1) is 3.83. The number of hydrogen-bond donors (Lipinski definition) is 0. The number of halogens is 1. The number of nitriles is 1. The molecule has 0 spiro atoms. The maximum absolute atomic E-state index is 8.41. The molecule has 0 unspecified atom stereocenters. The molecule has 44 valence electrons. The zero-order chi connectivity index (χ0) is 5.98. The fourth-order valence-electron chi connectivity index (χ4n) is 1.04. The Hall–Kier alpha value is -0.0300. The fourth-order valence-corrected chi connectivity index (χ4v) is 1.76. The summed E-state index contributed by atoms with van der Waals surface area (Å²) in [6.45, 7) is 0. The molecule has 1 aliphatic carbocycles. The van der Waals surface area contributed by atoms with Gasteiger partial charge >= 0.3 is 0 Å². The summed E-state index contributed by atoms with van der Waals surface area (Å²) in [7, 11) is 0. The highest BCUT2D eigenvalue weighted by atomic mass is 79.9. The summed E-state index contributed by atoms with van der Waals surface area (Å²) in [5.74, 6) is 0.333. The SMILES string of the molecule is N#C[C@@H]1CC[C@H](Br)C1. The Morgan fingerprint density at radius 1 is 1.50 bits per heavy atom. The Kier molecular flexibility index (Phi) is 1.90. The summed E-state index contributed by atoms with van der Waals surface area (Å²) in [6.07, 6.45) is 3.32. The van der Waals surface area contributed by atoms with Crippen molar-refractivity contribution in [1.29, 1.82) is 5.26 Å². The van der Waals surface area contributed by atoms with Crippen LogP contribution in [0.2, 0.25) is 0 Å². The van der Waals surface area contributed by atoms with Crippen molar-refractivity contribution >= 4 is 15.9 Å². The van der Waals surface area contributed by atoms with Crippen LogP contribution in [0.3, 0.4) is 0 Å². The Balaban J connectivity index is 2.35. The molecule has 1 nitrogen and oxygen atoms in total. The van der Waals surface area contributed by atoms with E-state index in [4.69, 9.17) is 5.26 Å². The Labute approximate surface area is 57.8 Å². The van der Waals surface area contributed by atoms with Gasteiger partial charge in [-0.3, -0.25) is 0 Å². The average molecular weight is 174 g/mol. The maximum atomic E-state index is 8.41. The molecule has 1 fully saturated rings. The van der Waals surface area contributed by atoms with Crippen LogP contribution in [0.5, 0.6) is 0 Å². The highest BCUT2D eigenvalue weighted by molar-refractivity contribution is 9.09. The molecule has 0 aromatic heterocycles. The first kappa shape index (κ1) is 6.10. The predicted octanol–water partition coefficient (Wildman–Crippen LogP) is 2.07. The molecule has 2 heteroatoms. The molecule has 0 aromatic carbocycles. The number of rotatable bonds is 0. The molecular weight excluding hydrogens is 166 g/mol. The van der Waals surface area contributed by atoms with Crippen molar-refractivity contribution in [3.63, 3.8) is 0 Å². The number of nitrogens with zero attached hydrogens (tertiary/aromatic N) is 1. The quantitative estimate of drug-likeness (QED) is 0.515. The Bertz CT molecular complexity index is 116. The van der Waals surface area contributed by atoms with Crippen LogP contribution >= 0.6 is 15.9 Å². The summed E-state index contributed by atoms with van der Waals surface area (Å²) in [5, 5.41) is 8.41. The normalized spacial score (nSPS) is 37.0. The van der Waals surface area contributed by atoms with Crippen molar-refractivity contribution < 1.29 is 0 Å². The smallest absolute Gasteiger partial charge is 0.0656 e. The molecule has 0 heterocycles. The monoisotopic (exact) mass is 173 g/mol. The third-order valence-corrected chi connectivity index (χ3v) is 2.38. The van der Waals surface area contributed by atoms with Crippen LogP contribution < -0.4 is 0 Å². The van der Waals surface area contributed by atoms with Crippen molar-refractivity contribution in [2.45, 2.75) is 24.1 Å². The molecule has 0 N–H and O–H groups in total. The number of alkyl halides is 1. The van der Waals surface area contributed by atoms with Gasteiger partial charge < -0.3 is 0 Å². The molecule has 0 aromatic rings. The second-order valence-electron chi connectivity index (χ2n) is 2.24. The lowest BCUT2D eigenvalue weighted by molar-refractivity contribution is 0.704. The highest BCUT2D eigenvalue weighted by Gasteiger charge is 2.21. The molecule has 0 amide bonds. The molecule has 1 rings (SSSR count). The van der Waals surface area contributed by atoms with Gasteiger partial charge in [0.25, 0.3) is 0 Å². The molecule has 0 aliphatic heterocycles. The second-order valence-corrected chi connectivity index (χ2v) is 3.53. The van der Waals surface area contributed by atoms with E-state index in [1.807, 2.05) is 0 Å². The zero-order valence-corrected chi connectivity index (χ0v) is 6.19. The van der Waals surface area contributed by atoms with Gasteiger partial charge in [-0.25, -0.2) is 0 Å². The minimum absolute atomic E-state index is 0.333. The van der Waals surface area contributed by atoms with Crippen LogP contribution in [-0.2, 0) is 0 Å². The lowest BCUT2D eigenvalue weighted by Crippen LogP contribution is -1.89.